The van der Waals surface area contributed by atoms with Crippen molar-refractivity contribution in [1.29, 1.82) is 0 Å². The highest BCUT2D eigenvalue weighted by molar-refractivity contribution is 6.31. The summed E-state index contributed by atoms with van der Waals surface area (Å²) in [6, 6.07) is 4.08. The van der Waals surface area contributed by atoms with Crippen LogP contribution in [0, 0.1) is 6.92 Å². The summed E-state index contributed by atoms with van der Waals surface area (Å²) in [4.78, 5) is 23.0. The van der Waals surface area contributed by atoms with E-state index in [1.165, 1.54) is 0 Å². The SMILES string of the molecule is CCN1CC(Cl)CC(Nc2cc(C)nc(NC(=O)Nc3ccc(C(F)(F)F)c(Cl)c3)n2)C1. The number of amides is 2. The second kappa shape index (κ2) is 10.1. The standard InChI is InChI=1S/C20H23Cl2F3N6O/c1-3-31-9-12(21)7-14(10-31)27-17-6-11(2)26-18(29-17)30-19(32)28-13-4-5-15(16(22)8-13)20(23,24)25/h4-6,8,12,14H,3,7,9-10H2,1-2H3,(H3,26,27,28,29,30,32). The van der Waals surface area contributed by atoms with Gasteiger partial charge in [0.25, 0.3) is 0 Å². The third kappa shape index (κ3) is 6.60. The molecule has 1 aromatic carbocycles. The summed E-state index contributed by atoms with van der Waals surface area (Å²) in [5.41, 5.74) is -0.256. The summed E-state index contributed by atoms with van der Waals surface area (Å²) in [6.07, 6.45) is -3.80. The molecule has 3 rings (SSSR count). The van der Waals surface area contributed by atoms with Crippen molar-refractivity contribution >= 4 is 46.7 Å². The molecule has 1 fully saturated rings. The van der Waals surface area contributed by atoms with Crippen LogP contribution in [-0.4, -0.2) is 52.0 Å². The van der Waals surface area contributed by atoms with E-state index in [4.69, 9.17) is 23.2 Å². The zero-order valence-electron chi connectivity index (χ0n) is 17.4. The molecule has 32 heavy (non-hydrogen) atoms. The molecule has 2 unspecified atom stereocenters. The summed E-state index contributed by atoms with van der Waals surface area (Å²) in [5.74, 6) is 0.589. The maximum Gasteiger partial charge on any atom is 0.417 e. The van der Waals surface area contributed by atoms with Crippen molar-refractivity contribution in [3.05, 3.63) is 40.5 Å². The first kappa shape index (κ1) is 24.3. The molecule has 12 heteroatoms. The summed E-state index contributed by atoms with van der Waals surface area (Å²) >= 11 is 12.0. The van der Waals surface area contributed by atoms with Gasteiger partial charge in [-0.05, 0) is 38.1 Å². The number of rotatable bonds is 5. The van der Waals surface area contributed by atoms with Crippen LogP contribution < -0.4 is 16.0 Å². The van der Waals surface area contributed by atoms with E-state index in [0.29, 0.717) is 11.5 Å². The summed E-state index contributed by atoms with van der Waals surface area (Å²) in [7, 11) is 0. The number of nitrogens with one attached hydrogen (secondary N) is 3. The molecule has 174 valence electrons. The summed E-state index contributed by atoms with van der Waals surface area (Å²) in [6.45, 7) is 6.38. The van der Waals surface area contributed by atoms with Gasteiger partial charge >= 0.3 is 12.2 Å². The molecular formula is C20H23Cl2F3N6O. The van der Waals surface area contributed by atoms with Crippen LogP contribution in [0.5, 0.6) is 0 Å². The predicted octanol–water partition coefficient (Wildman–Crippen LogP) is 5.21. The fraction of sp³-hybridized carbons (Fsp3) is 0.450. The summed E-state index contributed by atoms with van der Waals surface area (Å²) in [5, 5.41) is 7.76. The molecule has 2 amide bonds. The Kier molecular flexibility index (Phi) is 7.68. The highest BCUT2D eigenvalue weighted by Crippen LogP contribution is 2.35. The number of urea groups is 1. The van der Waals surface area contributed by atoms with Gasteiger partial charge in [-0.15, -0.1) is 11.6 Å². The number of aryl methyl sites for hydroxylation is 1. The number of aromatic nitrogens is 2. The van der Waals surface area contributed by atoms with E-state index in [-0.39, 0.29) is 23.1 Å². The number of anilines is 3. The molecule has 2 atom stereocenters. The average molecular weight is 491 g/mol. The van der Waals surface area contributed by atoms with E-state index in [0.717, 1.165) is 44.3 Å². The maximum atomic E-state index is 12.8. The van der Waals surface area contributed by atoms with Crippen LogP contribution in [0.15, 0.2) is 24.3 Å². The van der Waals surface area contributed by atoms with Crippen LogP contribution in [0.25, 0.3) is 0 Å². The third-order valence-corrected chi connectivity index (χ3v) is 5.52. The lowest BCUT2D eigenvalue weighted by Gasteiger charge is -2.35. The van der Waals surface area contributed by atoms with E-state index in [9.17, 15) is 18.0 Å². The highest BCUT2D eigenvalue weighted by atomic mass is 35.5. The number of hydrogen-bond donors (Lipinski definition) is 3. The van der Waals surface area contributed by atoms with Crippen LogP contribution in [0.3, 0.4) is 0 Å². The first-order valence-electron chi connectivity index (χ1n) is 9.97. The van der Waals surface area contributed by atoms with E-state index >= 15 is 0 Å². The Hall–Kier alpha value is -2.30. The van der Waals surface area contributed by atoms with Crippen molar-refractivity contribution < 1.29 is 18.0 Å². The van der Waals surface area contributed by atoms with Gasteiger partial charge in [-0.25, -0.2) is 9.78 Å². The molecule has 0 aliphatic carbocycles. The van der Waals surface area contributed by atoms with Crippen molar-refractivity contribution in [2.45, 2.75) is 37.9 Å². The Balaban J connectivity index is 1.65. The Labute approximate surface area is 193 Å². The zero-order chi connectivity index (χ0) is 23.5. The van der Waals surface area contributed by atoms with Gasteiger partial charge in [0.15, 0.2) is 0 Å². The molecule has 2 aromatic rings. The van der Waals surface area contributed by atoms with Gasteiger partial charge in [-0.3, -0.25) is 5.32 Å². The fourth-order valence-corrected chi connectivity index (χ4v) is 4.18. The van der Waals surface area contributed by atoms with Crippen LogP contribution >= 0.6 is 23.2 Å². The predicted molar refractivity (Wildman–Crippen MR) is 120 cm³/mol. The number of hydrogen-bond acceptors (Lipinski definition) is 5. The molecule has 3 N–H and O–H groups in total. The number of nitrogens with zero attached hydrogens (tertiary/aromatic N) is 3. The van der Waals surface area contributed by atoms with Gasteiger partial charge in [0.1, 0.15) is 5.82 Å². The van der Waals surface area contributed by atoms with Gasteiger partial charge in [-0.2, -0.15) is 18.2 Å². The summed E-state index contributed by atoms with van der Waals surface area (Å²) < 4.78 is 38.5. The van der Waals surface area contributed by atoms with Crippen molar-refractivity contribution in [1.82, 2.24) is 14.9 Å². The lowest BCUT2D eigenvalue weighted by Crippen LogP contribution is -2.46. The Morgan fingerprint density at radius 2 is 1.97 bits per heavy atom. The number of likely N-dealkylation sites (tertiary alicyclic amines) is 1. The molecule has 0 spiro atoms. The van der Waals surface area contributed by atoms with E-state index in [1.807, 2.05) is 0 Å². The number of piperidine rings is 1. The number of alkyl halides is 4. The van der Waals surface area contributed by atoms with E-state index in [1.54, 1.807) is 13.0 Å². The number of carbonyl (C=O) groups excluding carboxylic acids is 1. The topological polar surface area (TPSA) is 82.2 Å². The molecule has 1 saturated heterocycles. The Morgan fingerprint density at radius 3 is 2.62 bits per heavy atom. The van der Waals surface area contributed by atoms with Gasteiger partial charge < -0.3 is 15.5 Å². The quantitative estimate of drug-likeness (QED) is 0.500. The van der Waals surface area contributed by atoms with Crippen LogP contribution in [0.1, 0.15) is 24.6 Å². The van der Waals surface area contributed by atoms with Crippen LogP contribution in [-0.2, 0) is 6.18 Å². The fourth-order valence-electron chi connectivity index (χ4n) is 3.48. The number of benzene rings is 1. The monoisotopic (exact) mass is 490 g/mol. The molecule has 0 saturated carbocycles. The lowest BCUT2D eigenvalue weighted by molar-refractivity contribution is -0.137. The van der Waals surface area contributed by atoms with Gasteiger partial charge in [0, 0.05) is 42.0 Å². The lowest BCUT2D eigenvalue weighted by atomic mass is 10.1. The number of halogens is 5. The normalized spacial score (nSPS) is 19.5. The van der Waals surface area contributed by atoms with E-state index < -0.39 is 22.8 Å². The molecule has 2 heterocycles. The Bertz CT molecular complexity index is 975. The second-order valence-electron chi connectivity index (χ2n) is 7.52. The molecule has 1 aliphatic heterocycles. The molecule has 7 nitrogen and oxygen atoms in total. The van der Waals surface area contributed by atoms with Gasteiger partial charge in [0.2, 0.25) is 5.95 Å². The van der Waals surface area contributed by atoms with Crippen molar-refractivity contribution in [2.24, 2.45) is 0 Å². The third-order valence-electron chi connectivity index (χ3n) is 4.89. The first-order chi connectivity index (χ1) is 15.0. The van der Waals surface area contributed by atoms with Gasteiger partial charge in [-0.1, -0.05) is 18.5 Å². The molecule has 0 bridgehead atoms. The zero-order valence-corrected chi connectivity index (χ0v) is 18.9. The maximum absolute atomic E-state index is 12.8. The number of likely N-dealkylation sites (N-methyl/N-ethyl adjacent to an activating group) is 1. The number of carbonyl (C=O) groups is 1. The first-order valence-corrected chi connectivity index (χ1v) is 10.8. The van der Waals surface area contributed by atoms with Crippen LogP contribution in [0.4, 0.5) is 35.4 Å². The Morgan fingerprint density at radius 1 is 1.22 bits per heavy atom. The minimum absolute atomic E-state index is 0.0306. The molecule has 0 radical (unpaired) electrons. The van der Waals surface area contributed by atoms with E-state index in [2.05, 4.69) is 37.7 Å². The van der Waals surface area contributed by atoms with Gasteiger partial charge in [0.05, 0.1) is 10.6 Å². The second-order valence-corrected chi connectivity index (χ2v) is 8.54. The largest absolute Gasteiger partial charge is 0.417 e. The van der Waals surface area contributed by atoms with Crippen LogP contribution in [0.2, 0.25) is 5.02 Å². The minimum atomic E-state index is -4.58. The smallest absolute Gasteiger partial charge is 0.366 e. The highest BCUT2D eigenvalue weighted by Gasteiger charge is 2.33. The molecule has 1 aromatic heterocycles. The van der Waals surface area contributed by atoms with Crippen molar-refractivity contribution in [3.63, 3.8) is 0 Å². The van der Waals surface area contributed by atoms with Crippen molar-refractivity contribution in [3.8, 4) is 0 Å². The molecule has 1 aliphatic rings. The molecular weight excluding hydrogens is 468 g/mol. The van der Waals surface area contributed by atoms with Crippen molar-refractivity contribution in [2.75, 3.05) is 35.6 Å². The minimum Gasteiger partial charge on any atom is -0.366 e. The average Bonchev–Trinajstić information content (AvgIpc) is 2.65.